The molecule has 0 saturated heterocycles. The minimum Gasteiger partial charge on any atom is -0.459 e. The van der Waals surface area contributed by atoms with E-state index in [1.165, 1.54) is 19.3 Å². The molecule has 0 amide bonds. The summed E-state index contributed by atoms with van der Waals surface area (Å²) in [6, 6.07) is 0. The number of hydrogen-bond donors (Lipinski definition) is 0. The molecule has 0 rings (SSSR count). The Morgan fingerprint density at radius 2 is 2.00 bits per heavy atom. The van der Waals surface area contributed by atoms with Gasteiger partial charge in [-0.05, 0) is 26.2 Å². The van der Waals surface area contributed by atoms with E-state index in [9.17, 15) is 4.79 Å². The summed E-state index contributed by atoms with van der Waals surface area (Å²) in [5, 5.41) is 0. The molecule has 0 aliphatic carbocycles. The number of esters is 1. The fourth-order valence-electron chi connectivity index (χ4n) is 1.65. The van der Waals surface area contributed by atoms with Crippen molar-refractivity contribution in [3.63, 3.8) is 0 Å². The van der Waals surface area contributed by atoms with Crippen LogP contribution in [0.4, 0.5) is 0 Å². The van der Waals surface area contributed by atoms with E-state index in [2.05, 4.69) is 27.4 Å². The van der Waals surface area contributed by atoms with E-state index in [0.29, 0.717) is 11.5 Å². The first-order valence-corrected chi connectivity index (χ1v) is 6.20. The van der Waals surface area contributed by atoms with Gasteiger partial charge in [0, 0.05) is 5.57 Å². The Bertz CT molecular complexity index is 221. The fourth-order valence-corrected chi connectivity index (χ4v) is 1.65. The molecule has 0 saturated carbocycles. The van der Waals surface area contributed by atoms with Crippen molar-refractivity contribution in [2.75, 3.05) is 0 Å². The Kier molecular flexibility index (Phi) is 7.96. The summed E-state index contributed by atoms with van der Waals surface area (Å²) in [5.74, 6) is 0.283. The van der Waals surface area contributed by atoms with Gasteiger partial charge in [-0.3, -0.25) is 0 Å². The molecule has 0 spiro atoms. The van der Waals surface area contributed by atoms with E-state index in [1.54, 1.807) is 6.92 Å². The topological polar surface area (TPSA) is 26.3 Å². The fraction of sp³-hybridized carbons (Fsp3) is 0.714. The Morgan fingerprint density at radius 3 is 2.44 bits per heavy atom. The lowest BCUT2D eigenvalue weighted by atomic mass is 9.93. The van der Waals surface area contributed by atoms with Gasteiger partial charge in [-0.25, -0.2) is 4.79 Å². The quantitative estimate of drug-likeness (QED) is 0.462. The summed E-state index contributed by atoms with van der Waals surface area (Å²) < 4.78 is 5.17. The lowest BCUT2D eigenvalue weighted by Gasteiger charge is -2.19. The van der Waals surface area contributed by atoms with Gasteiger partial charge in [0.1, 0.15) is 6.10 Å². The molecule has 16 heavy (non-hydrogen) atoms. The van der Waals surface area contributed by atoms with Crippen LogP contribution in [0.25, 0.3) is 0 Å². The van der Waals surface area contributed by atoms with Crippen molar-refractivity contribution >= 4 is 5.97 Å². The zero-order valence-electron chi connectivity index (χ0n) is 10.9. The standard InChI is InChI=1S/C14H25O2/c1-6-8-9-13(7-2)10-12(5)16-14(15)11(3)4/h12-13H,3,5-10H2,1-2,4H3. The van der Waals surface area contributed by atoms with Gasteiger partial charge < -0.3 is 4.74 Å². The van der Waals surface area contributed by atoms with Gasteiger partial charge in [-0.2, -0.15) is 0 Å². The van der Waals surface area contributed by atoms with E-state index < -0.39 is 0 Å². The lowest BCUT2D eigenvalue weighted by molar-refractivity contribution is -0.142. The number of hydrogen-bond acceptors (Lipinski definition) is 2. The molecule has 2 atom stereocenters. The molecule has 0 aromatic rings. The van der Waals surface area contributed by atoms with Crippen LogP contribution in [0.3, 0.4) is 0 Å². The SMILES string of the molecule is [CH2]C(CC(CC)CCCC)OC(=O)C(=C)C. The van der Waals surface area contributed by atoms with Crippen molar-refractivity contribution in [1.29, 1.82) is 0 Å². The van der Waals surface area contributed by atoms with Crippen LogP contribution in [0, 0.1) is 12.8 Å². The van der Waals surface area contributed by atoms with Crippen LogP contribution < -0.4 is 0 Å². The highest BCUT2D eigenvalue weighted by Crippen LogP contribution is 2.20. The summed E-state index contributed by atoms with van der Waals surface area (Å²) in [5.41, 5.74) is 0.440. The van der Waals surface area contributed by atoms with Gasteiger partial charge in [0.25, 0.3) is 0 Å². The molecule has 1 radical (unpaired) electrons. The van der Waals surface area contributed by atoms with Gasteiger partial charge in [0.15, 0.2) is 0 Å². The highest BCUT2D eigenvalue weighted by atomic mass is 16.5. The molecule has 0 heterocycles. The Morgan fingerprint density at radius 1 is 1.38 bits per heavy atom. The van der Waals surface area contributed by atoms with E-state index >= 15 is 0 Å². The second-order valence-electron chi connectivity index (χ2n) is 4.46. The monoisotopic (exact) mass is 225 g/mol. The van der Waals surface area contributed by atoms with Gasteiger partial charge in [-0.15, -0.1) is 0 Å². The molecule has 0 bridgehead atoms. The maximum absolute atomic E-state index is 11.3. The third-order valence-corrected chi connectivity index (χ3v) is 2.76. The molecule has 0 aromatic heterocycles. The molecule has 93 valence electrons. The Balaban J connectivity index is 3.95. The largest absolute Gasteiger partial charge is 0.459 e. The predicted octanol–water partition coefficient (Wildman–Crippen LogP) is 3.91. The van der Waals surface area contributed by atoms with Crippen LogP contribution >= 0.6 is 0 Å². The normalized spacial score (nSPS) is 14.2. The van der Waals surface area contributed by atoms with Crippen LogP contribution in [0.5, 0.6) is 0 Å². The lowest BCUT2D eigenvalue weighted by Crippen LogP contribution is -2.19. The number of unbranched alkanes of at least 4 members (excludes halogenated alkanes) is 1. The molecule has 2 heteroatoms. The van der Waals surface area contributed by atoms with Gasteiger partial charge in [0.2, 0.25) is 0 Å². The smallest absolute Gasteiger partial charge is 0.333 e. The minimum absolute atomic E-state index is 0.244. The number of carbonyl (C=O) groups is 1. The highest BCUT2D eigenvalue weighted by molar-refractivity contribution is 5.87. The van der Waals surface area contributed by atoms with Crippen molar-refractivity contribution in [3.8, 4) is 0 Å². The first-order chi connectivity index (χ1) is 7.51. The average Bonchev–Trinajstić information content (AvgIpc) is 2.23. The van der Waals surface area contributed by atoms with Crippen LogP contribution in [0.2, 0.25) is 0 Å². The van der Waals surface area contributed by atoms with E-state index in [0.717, 1.165) is 12.8 Å². The van der Waals surface area contributed by atoms with E-state index in [-0.39, 0.29) is 12.1 Å². The van der Waals surface area contributed by atoms with Crippen LogP contribution in [-0.4, -0.2) is 12.1 Å². The molecule has 0 aliphatic rings. The molecule has 0 aromatic carbocycles. The second kappa shape index (κ2) is 8.37. The van der Waals surface area contributed by atoms with Gasteiger partial charge >= 0.3 is 5.97 Å². The predicted molar refractivity (Wildman–Crippen MR) is 68.0 cm³/mol. The summed E-state index contributed by atoms with van der Waals surface area (Å²) >= 11 is 0. The van der Waals surface area contributed by atoms with Crippen LogP contribution in [0.1, 0.15) is 52.9 Å². The molecular formula is C14H25O2. The van der Waals surface area contributed by atoms with Gasteiger partial charge in [-0.1, -0.05) is 46.1 Å². The van der Waals surface area contributed by atoms with Crippen molar-refractivity contribution in [1.82, 2.24) is 0 Å². The molecule has 0 fully saturated rings. The molecule has 2 unspecified atom stereocenters. The minimum atomic E-state index is -0.328. The van der Waals surface area contributed by atoms with Crippen molar-refractivity contribution in [3.05, 3.63) is 19.1 Å². The maximum atomic E-state index is 11.3. The number of rotatable bonds is 8. The highest BCUT2D eigenvalue weighted by Gasteiger charge is 2.15. The third kappa shape index (κ3) is 6.65. The second-order valence-corrected chi connectivity index (χ2v) is 4.46. The average molecular weight is 225 g/mol. The summed E-state index contributed by atoms with van der Waals surface area (Å²) in [4.78, 5) is 11.3. The van der Waals surface area contributed by atoms with Crippen LogP contribution in [0.15, 0.2) is 12.2 Å². The van der Waals surface area contributed by atoms with E-state index in [1.807, 2.05) is 0 Å². The molecular weight excluding hydrogens is 200 g/mol. The Hall–Kier alpha value is -0.790. The molecule has 0 N–H and O–H groups in total. The summed E-state index contributed by atoms with van der Waals surface area (Å²) in [6.45, 7) is 13.4. The van der Waals surface area contributed by atoms with Crippen molar-refractivity contribution in [2.45, 2.75) is 59.0 Å². The molecule has 2 nitrogen and oxygen atoms in total. The van der Waals surface area contributed by atoms with Crippen LogP contribution in [-0.2, 0) is 9.53 Å². The van der Waals surface area contributed by atoms with Crippen molar-refractivity contribution in [2.24, 2.45) is 5.92 Å². The summed E-state index contributed by atoms with van der Waals surface area (Å²) in [7, 11) is 0. The Labute approximate surface area is 100 Å². The zero-order chi connectivity index (χ0) is 12.6. The maximum Gasteiger partial charge on any atom is 0.333 e. The van der Waals surface area contributed by atoms with Crippen molar-refractivity contribution < 1.29 is 9.53 Å². The van der Waals surface area contributed by atoms with Gasteiger partial charge in [0.05, 0.1) is 0 Å². The number of ether oxygens (including phenoxy) is 1. The first kappa shape index (κ1) is 15.2. The zero-order valence-corrected chi connectivity index (χ0v) is 10.9. The number of carbonyl (C=O) groups excluding carboxylic acids is 1. The first-order valence-electron chi connectivity index (χ1n) is 6.20. The molecule has 0 aliphatic heterocycles. The van der Waals surface area contributed by atoms with E-state index in [4.69, 9.17) is 4.74 Å². The third-order valence-electron chi connectivity index (χ3n) is 2.76. The summed E-state index contributed by atoms with van der Waals surface area (Å²) in [6.07, 6.45) is 5.38.